The number of hydrogen-bond acceptors (Lipinski definition) is 2. The number of ether oxygens (including phenoxy) is 1. The Labute approximate surface area is 106 Å². The fourth-order valence-electron chi connectivity index (χ4n) is 1.66. The first-order valence-electron chi connectivity index (χ1n) is 5.86. The van der Waals surface area contributed by atoms with Crippen molar-refractivity contribution in [2.45, 2.75) is 19.9 Å². The van der Waals surface area contributed by atoms with Crippen molar-refractivity contribution in [3.05, 3.63) is 59.4 Å². The average molecular weight is 245 g/mol. The van der Waals surface area contributed by atoms with Crippen molar-refractivity contribution in [3.63, 3.8) is 0 Å². The van der Waals surface area contributed by atoms with Crippen LogP contribution in [0.4, 0.5) is 4.39 Å². The number of aryl methyl sites for hydroxylation is 1. The molecule has 2 N–H and O–H groups in total. The van der Waals surface area contributed by atoms with Crippen LogP contribution in [0.5, 0.6) is 11.5 Å². The summed E-state index contributed by atoms with van der Waals surface area (Å²) in [5.41, 5.74) is 7.39. The van der Waals surface area contributed by atoms with Crippen LogP contribution in [0, 0.1) is 12.7 Å². The molecule has 2 aromatic carbocycles. The number of rotatable bonds is 3. The van der Waals surface area contributed by atoms with Gasteiger partial charge in [-0.25, -0.2) is 4.39 Å². The first kappa shape index (κ1) is 12.6. The third kappa shape index (κ3) is 2.87. The van der Waals surface area contributed by atoms with Crippen molar-refractivity contribution in [3.8, 4) is 11.5 Å². The second kappa shape index (κ2) is 5.19. The molecule has 2 aromatic rings. The van der Waals surface area contributed by atoms with E-state index in [9.17, 15) is 4.39 Å². The molecule has 0 heterocycles. The van der Waals surface area contributed by atoms with Gasteiger partial charge in [0.25, 0.3) is 0 Å². The predicted molar refractivity (Wildman–Crippen MR) is 70.3 cm³/mol. The van der Waals surface area contributed by atoms with E-state index >= 15 is 0 Å². The van der Waals surface area contributed by atoms with E-state index in [-0.39, 0.29) is 11.9 Å². The summed E-state index contributed by atoms with van der Waals surface area (Å²) in [5, 5.41) is 0. The molecule has 2 rings (SSSR count). The standard InChI is InChI=1S/C15H16FNO/c1-10-9-14(7-8-15(10)16)18-13-5-3-12(4-6-13)11(2)17/h3-9,11H,17H2,1-2H3/t11-/m0/s1. The monoisotopic (exact) mass is 245 g/mol. The number of halogens is 1. The minimum absolute atomic E-state index is 0.00659. The number of nitrogens with two attached hydrogens (primary N) is 1. The van der Waals surface area contributed by atoms with Crippen LogP contribution in [-0.4, -0.2) is 0 Å². The average Bonchev–Trinajstić information content (AvgIpc) is 2.34. The second-order valence-electron chi connectivity index (χ2n) is 4.37. The van der Waals surface area contributed by atoms with Gasteiger partial charge in [-0.1, -0.05) is 12.1 Å². The summed E-state index contributed by atoms with van der Waals surface area (Å²) in [5.74, 6) is 1.11. The molecule has 3 heteroatoms. The van der Waals surface area contributed by atoms with Crippen molar-refractivity contribution in [1.29, 1.82) is 0 Å². The highest BCUT2D eigenvalue weighted by molar-refractivity contribution is 5.35. The third-order valence-electron chi connectivity index (χ3n) is 2.77. The molecule has 0 aliphatic heterocycles. The largest absolute Gasteiger partial charge is 0.457 e. The summed E-state index contributed by atoms with van der Waals surface area (Å²) in [6, 6.07) is 12.3. The fourth-order valence-corrected chi connectivity index (χ4v) is 1.66. The van der Waals surface area contributed by atoms with Crippen LogP contribution in [-0.2, 0) is 0 Å². The van der Waals surface area contributed by atoms with Crippen LogP contribution in [0.15, 0.2) is 42.5 Å². The molecule has 0 radical (unpaired) electrons. The first-order valence-corrected chi connectivity index (χ1v) is 5.86. The summed E-state index contributed by atoms with van der Waals surface area (Å²) in [7, 11) is 0. The van der Waals surface area contributed by atoms with Crippen molar-refractivity contribution >= 4 is 0 Å². The lowest BCUT2D eigenvalue weighted by atomic mass is 10.1. The zero-order valence-electron chi connectivity index (χ0n) is 10.5. The van der Waals surface area contributed by atoms with Gasteiger partial charge in [0.15, 0.2) is 0 Å². The summed E-state index contributed by atoms with van der Waals surface area (Å²) in [6.07, 6.45) is 0. The smallest absolute Gasteiger partial charge is 0.127 e. The highest BCUT2D eigenvalue weighted by Gasteiger charge is 2.03. The van der Waals surface area contributed by atoms with E-state index in [0.29, 0.717) is 17.1 Å². The lowest BCUT2D eigenvalue weighted by molar-refractivity contribution is 0.479. The zero-order valence-corrected chi connectivity index (χ0v) is 10.5. The zero-order chi connectivity index (χ0) is 13.1. The second-order valence-corrected chi connectivity index (χ2v) is 4.37. The van der Waals surface area contributed by atoms with Gasteiger partial charge in [0.2, 0.25) is 0 Å². The van der Waals surface area contributed by atoms with E-state index in [1.165, 1.54) is 6.07 Å². The maximum atomic E-state index is 13.1. The van der Waals surface area contributed by atoms with E-state index in [0.717, 1.165) is 5.56 Å². The highest BCUT2D eigenvalue weighted by Crippen LogP contribution is 2.24. The molecule has 0 saturated heterocycles. The molecule has 0 aromatic heterocycles. The van der Waals surface area contributed by atoms with E-state index in [2.05, 4.69) is 0 Å². The summed E-state index contributed by atoms with van der Waals surface area (Å²) >= 11 is 0. The fraction of sp³-hybridized carbons (Fsp3) is 0.200. The maximum absolute atomic E-state index is 13.1. The maximum Gasteiger partial charge on any atom is 0.127 e. The first-order chi connectivity index (χ1) is 8.56. The Hall–Kier alpha value is -1.87. The Morgan fingerprint density at radius 2 is 1.67 bits per heavy atom. The number of benzene rings is 2. The van der Waals surface area contributed by atoms with E-state index in [1.54, 1.807) is 19.1 Å². The summed E-state index contributed by atoms with van der Waals surface area (Å²) < 4.78 is 18.8. The van der Waals surface area contributed by atoms with Gasteiger partial charge >= 0.3 is 0 Å². The molecule has 18 heavy (non-hydrogen) atoms. The van der Waals surface area contributed by atoms with Gasteiger partial charge in [0, 0.05) is 6.04 Å². The van der Waals surface area contributed by atoms with E-state index < -0.39 is 0 Å². The molecular formula is C15H16FNO. The molecule has 2 nitrogen and oxygen atoms in total. The molecular weight excluding hydrogens is 229 g/mol. The Kier molecular flexibility index (Phi) is 3.63. The summed E-state index contributed by atoms with van der Waals surface area (Å²) in [4.78, 5) is 0. The highest BCUT2D eigenvalue weighted by atomic mass is 19.1. The molecule has 0 amide bonds. The van der Waals surface area contributed by atoms with Gasteiger partial charge in [-0.3, -0.25) is 0 Å². The quantitative estimate of drug-likeness (QED) is 0.888. The van der Waals surface area contributed by atoms with Crippen LogP contribution in [0.3, 0.4) is 0 Å². The Morgan fingerprint density at radius 1 is 1.06 bits per heavy atom. The topological polar surface area (TPSA) is 35.2 Å². The van der Waals surface area contributed by atoms with Crippen LogP contribution in [0.2, 0.25) is 0 Å². The van der Waals surface area contributed by atoms with Gasteiger partial charge in [0.05, 0.1) is 0 Å². The third-order valence-corrected chi connectivity index (χ3v) is 2.77. The van der Waals surface area contributed by atoms with Crippen LogP contribution in [0.1, 0.15) is 24.1 Å². The van der Waals surface area contributed by atoms with Crippen molar-refractivity contribution in [2.24, 2.45) is 5.73 Å². The molecule has 0 bridgehead atoms. The molecule has 94 valence electrons. The Bertz CT molecular complexity index is 535. The molecule has 0 saturated carbocycles. The van der Waals surface area contributed by atoms with Gasteiger partial charge in [-0.15, -0.1) is 0 Å². The lowest BCUT2D eigenvalue weighted by Gasteiger charge is -2.09. The van der Waals surface area contributed by atoms with Gasteiger partial charge in [-0.2, -0.15) is 0 Å². The van der Waals surface area contributed by atoms with Crippen LogP contribution in [0.25, 0.3) is 0 Å². The normalized spacial score (nSPS) is 12.2. The predicted octanol–water partition coefficient (Wildman–Crippen LogP) is 3.95. The Balaban J connectivity index is 2.15. The van der Waals surface area contributed by atoms with E-state index in [4.69, 9.17) is 10.5 Å². The molecule has 0 fully saturated rings. The minimum atomic E-state index is -0.227. The molecule has 0 unspecified atom stereocenters. The molecule has 0 aliphatic rings. The van der Waals surface area contributed by atoms with Crippen molar-refractivity contribution < 1.29 is 9.13 Å². The van der Waals surface area contributed by atoms with Crippen LogP contribution < -0.4 is 10.5 Å². The SMILES string of the molecule is Cc1cc(Oc2ccc([C@H](C)N)cc2)ccc1F. The molecule has 1 atom stereocenters. The van der Waals surface area contributed by atoms with Gasteiger partial charge < -0.3 is 10.5 Å². The summed E-state index contributed by atoms with van der Waals surface area (Å²) in [6.45, 7) is 3.64. The van der Waals surface area contributed by atoms with Crippen LogP contribution >= 0.6 is 0 Å². The lowest BCUT2D eigenvalue weighted by Crippen LogP contribution is -2.04. The van der Waals surface area contributed by atoms with E-state index in [1.807, 2.05) is 31.2 Å². The Morgan fingerprint density at radius 3 is 2.22 bits per heavy atom. The molecule has 0 spiro atoms. The van der Waals surface area contributed by atoms with Gasteiger partial charge in [0.1, 0.15) is 17.3 Å². The number of hydrogen-bond donors (Lipinski definition) is 1. The van der Waals surface area contributed by atoms with Crippen molar-refractivity contribution in [1.82, 2.24) is 0 Å². The van der Waals surface area contributed by atoms with Crippen molar-refractivity contribution in [2.75, 3.05) is 0 Å². The minimum Gasteiger partial charge on any atom is -0.457 e. The molecule has 0 aliphatic carbocycles. The van der Waals surface area contributed by atoms with Gasteiger partial charge in [-0.05, 0) is 55.3 Å².